The van der Waals surface area contributed by atoms with E-state index in [0.717, 1.165) is 70.2 Å². The highest BCUT2D eigenvalue weighted by Gasteiger charge is 2.30. The number of nitrogens with zero attached hydrogens (tertiary/aromatic N) is 4. The summed E-state index contributed by atoms with van der Waals surface area (Å²) in [6.45, 7) is 12.6. The summed E-state index contributed by atoms with van der Waals surface area (Å²) in [7, 11) is 0. The van der Waals surface area contributed by atoms with Crippen LogP contribution in [0.4, 0.5) is 4.39 Å². The number of benzene rings is 1. The number of rotatable bonds is 7. The van der Waals surface area contributed by atoms with Crippen molar-refractivity contribution in [3.63, 3.8) is 0 Å². The smallest absolute Gasteiger partial charge is 0.239 e. The molecular weight excluding hydrogens is 524 g/mol. The fourth-order valence-electron chi connectivity index (χ4n) is 4.19. The van der Waals surface area contributed by atoms with Gasteiger partial charge in [-0.3, -0.25) is 9.69 Å². The summed E-state index contributed by atoms with van der Waals surface area (Å²) in [6, 6.07) is 4.92. The molecule has 180 valence electrons. The Hall–Kier alpha value is -1.62. The lowest BCUT2D eigenvalue weighted by Crippen LogP contribution is -2.57. The van der Waals surface area contributed by atoms with Crippen molar-refractivity contribution >= 4 is 35.8 Å². The monoisotopic (exact) mass is 561 g/mol. The molecule has 7 nitrogen and oxygen atoms in total. The van der Waals surface area contributed by atoms with Crippen molar-refractivity contribution in [3.8, 4) is 5.75 Å². The molecule has 1 aromatic rings. The average Bonchev–Trinajstić information content (AvgIpc) is 3.32. The van der Waals surface area contributed by atoms with Gasteiger partial charge in [0, 0.05) is 45.8 Å². The van der Waals surface area contributed by atoms with Crippen LogP contribution < -0.4 is 10.1 Å². The van der Waals surface area contributed by atoms with E-state index in [1.165, 1.54) is 6.07 Å². The van der Waals surface area contributed by atoms with Gasteiger partial charge in [0.15, 0.2) is 17.5 Å². The minimum atomic E-state index is -0.357. The van der Waals surface area contributed by atoms with Crippen molar-refractivity contribution in [1.29, 1.82) is 0 Å². The minimum absolute atomic E-state index is 0. The zero-order chi connectivity index (χ0) is 22.2. The molecule has 0 aromatic heterocycles. The normalized spacial score (nSPS) is 18.3. The second kappa shape index (κ2) is 13.2. The Bertz CT molecular complexity index is 765. The maximum Gasteiger partial charge on any atom is 0.239 e. The molecule has 32 heavy (non-hydrogen) atoms. The van der Waals surface area contributed by atoms with Gasteiger partial charge in [0.1, 0.15) is 0 Å². The van der Waals surface area contributed by atoms with Gasteiger partial charge in [0.2, 0.25) is 5.91 Å². The second-order valence-corrected chi connectivity index (χ2v) is 8.10. The Balaban J connectivity index is 0.00000363. The fourth-order valence-corrected chi connectivity index (χ4v) is 4.19. The lowest BCUT2D eigenvalue weighted by Gasteiger charge is -2.39. The SMILES string of the molecule is CCNC(=NCc1ccc(OCC)c(F)c1)N1CCN(C(C)C(=O)N2CCCC2)CC1.I. The summed E-state index contributed by atoms with van der Waals surface area (Å²) >= 11 is 0. The third-order valence-corrected chi connectivity index (χ3v) is 5.98. The van der Waals surface area contributed by atoms with E-state index in [1.54, 1.807) is 6.07 Å². The number of amides is 1. The van der Waals surface area contributed by atoms with E-state index in [4.69, 9.17) is 9.73 Å². The number of aliphatic imine (C=N–C) groups is 1. The lowest BCUT2D eigenvalue weighted by atomic mass is 10.2. The molecule has 9 heteroatoms. The molecule has 1 atom stereocenters. The Morgan fingerprint density at radius 3 is 2.41 bits per heavy atom. The molecule has 1 aromatic carbocycles. The molecule has 2 aliphatic heterocycles. The average molecular weight is 561 g/mol. The van der Waals surface area contributed by atoms with Crippen LogP contribution >= 0.6 is 24.0 Å². The van der Waals surface area contributed by atoms with Gasteiger partial charge < -0.3 is 19.9 Å². The molecule has 2 aliphatic rings. The first-order chi connectivity index (χ1) is 15.0. The van der Waals surface area contributed by atoms with Gasteiger partial charge in [-0.05, 0) is 51.3 Å². The van der Waals surface area contributed by atoms with E-state index in [-0.39, 0.29) is 47.5 Å². The standard InChI is InChI=1S/C23H36FN5O2.HI/c1-4-25-23(26-17-19-8-9-21(31-5-2)20(24)16-19)29-14-12-27(13-15-29)18(3)22(30)28-10-6-7-11-28;/h8-9,16,18H,4-7,10-15,17H2,1-3H3,(H,25,26);1H. The molecule has 0 saturated carbocycles. The lowest BCUT2D eigenvalue weighted by molar-refractivity contribution is -0.135. The topological polar surface area (TPSA) is 60.4 Å². The maximum atomic E-state index is 14.1. The van der Waals surface area contributed by atoms with Gasteiger partial charge in [-0.2, -0.15) is 0 Å². The number of hydrogen-bond acceptors (Lipinski definition) is 4. The van der Waals surface area contributed by atoms with E-state index in [9.17, 15) is 9.18 Å². The van der Waals surface area contributed by atoms with Gasteiger partial charge in [0.25, 0.3) is 0 Å². The second-order valence-electron chi connectivity index (χ2n) is 8.10. The first kappa shape index (κ1) is 26.6. The Labute approximate surface area is 208 Å². The van der Waals surface area contributed by atoms with Crippen molar-refractivity contribution in [2.75, 3.05) is 52.4 Å². The maximum absolute atomic E-state index is 14.1. The number of carbonyl (C=O) groups excluding carboxylic acids is 1. The van der Waals surface area contributed by atoms with E-state index >= 15 is 0 Å². The highest BCUT2D eigenvalue weighted by atomic mass is 127. The van der Waals surface area contributed by atoms with Crippen LogP contribution in [0.2, 0.25) is 0 Å². The van der Waals surface area contributed by atoms with Gasteiger partial charge in [-0.1, -0.05) is 6.07 Å². The van der Waals surface area contributed by atoms with E-state index in [1.807, 2.05) is 31.7 Å². The van der Waals surface area contributed by atoms with Crippen LogP contribution in [-0.2, 0) is 11.3 Å². The van der Waals surface area contributed by atoms with E-state index < -0.39 is 0 Å². The zero-order valence-electron chi connectivity index (χ0n) is 19.5. The number of carbonyl (C=O) groups is 1. The van der Waals surface area contributed by atoms with Crippen molar-refractivity contribution in [2.45, 2.75) is 46.2 Å². The van der Waals surface area contributed by atoms with Crippen LogP contribution in [0.5, 0.6) is 5.75 Å². The first-order valence-electron chi connectivity index (χ1n) is 11.5. The van der Waals surface area contributed by atoms with Crippen LogP contribution in [0.15, 0.2) is 23.2 Å². The summed E-state index contributed by atoms with van der Waals surface area (Å²) in [5.41, 5.74) is 0.805. The predicted octanol–water partition coefficient (Wildman–Crippen LogP) is 2.94. The summed E-state index contributed by atoms with van der Waals surface area (Å²) in [6.07, 6.45) is 2.24. The van der Waals surface area contributed by atoms with Crippen LogP contribution in [-0.4, -0.2) is 85.0 Å². The Morgan fingerprint density at radius 2 is 1.81 bits per heavy atom. The minimum Gasteiger partial charge on any atom is -0.491 e. The van der Waals surface area contributed by atoms with Gasteiger partial charge in [0.05, 0.1) is 19.2 Å². The third-order valence-electron chi connectivity index (χ3n) is 5.98. The molecule has 3 rings (SSSR count). The number of halogens is 2. The molecule has 0 bridgehead atoms. The van der Waals surface area contributed by atoms with Crippen LogP contribution in [0.3, 0.4) is 0 Å². The Morgan fingerprint density at radius 1 is 1.12 bits per heavy atom. The number of piperazine rings is 1. The van der Waals surface area contributed by atoms with Crippen LogP contribution in [0.1, 0.15) is 39.2 Å². The number of hydrogen-bond donors (Lipinski definition) is 1. The summed E-state index contributed by atoms with van der Waals surface area (Å²) < 4.78 is 19.4. The molecule has 2 fully saturated rings. The van der Waals surface area contributed by atoms with Crippen LogP contribution in [0.25, 0.3) is 0 Å². The number of nitrogens with one attached hydrogen (secondary N) is 1. The third kappa shape index (κ3) is 6.94. The number of guanidine groups is 1. The quantitative estimate of drug-likeness (QED) is 0.315. The van der Waals surface area contributed by atoms with E-state index in [2.05, 4.69) is 15.1 Å². The number of ether oxygens (including phenoxy) is 1. The zero-order valence-corrected chi connectivity index (χ0v) is 21.8. The largest absolute Gasteiger partial charge is 0.491 e. The molecule has 0 aliphatic carbocycles. The van der Waals surface area contributed by atoms with Crippen molar-refractivity contribution in [2.24, 2.45) is 4.99 Å². The molecule has 2 saturated heterocycles. The fraction of sp³-hybridized carbons (Fsp3) is 0.652. The molecule has 1 unspecified atom stereocenters. The highest BCUT2D eigenvalue weighted by molar-refractivity contribution is 14.0. The van der Waals surface area contributed by atoms with Gasteiger partial charge in [-0.25, -0.2) is 9.38 Å². The molecule has 0 spiro atoms. The molecule has 1 amide bonds. The summed E-state index contributed by atoms with van der Waals surface area (Å²) in [5, 5.41) is 3.34. The first-order valence-corrected chi connectivity index (χ1v) is 11.5. The van der Waals surface area contributed by atoms with Crippen molar-refractivity contribution < 1.29 is 13.9 Å². The summed E-state index contributed by atoms with van der Waals surface area (Å²) in [4.78, 5) is 23.9. The molecule has 0 radical (unpaired) electrons. The van der Waals surface area contributed by atoms with Crippen molar-refractivity contribution in [3.05, 3.63) is 29.6 Å². The highest BCUT2D eigenvalue weighted by Crippen LogP contribution is 2.19. The van der Waals surface area contributed by atoms with Crippen LogP contribution in [0, 0.1) is 5.82 Å². The molecular formula is C23H37FIN5O2. The molecule has 2 heterocycles. The van der Waals surface area contributed by atoms with Crippen molar-refractivity contribution in [1.82, 2.24) is 20.0 Å². The van der Waals surface area contributed by atoms with E-state index in [0.29, 0.717) is 13.2 Å². The Kier molecular flexibility index (Phi) is 11.0. The number of likely N-dealkylation sites (tertiary alicyclic amines) is 1. The van der Waals surface area contributed by atoms with Gasteiger partial charge in [-0.15, -0.1) is 24.0 Å². The predicted molar refractivity (Wildman–Crippen MR) is 136 cm³/mol. The van der Waals surface area contributed by atoms with Gasteiger partial charge >= 0.3 is 0 Å². The summed E-state index contributed by atoms with van der Waals surface area (Å²) in [5.74, 6) is 1.000. The molecule has 1 N–H and O–H groups in total.